The molecule has 0 spiro atoms. The van der Waals surface area contributed by atoms with Gasteiger partial charge in [0, 0.05) is 19.2 Å². The number of alkyl halides is 3. The van der Waals surface area contributed by atoms with Gasteiger partial charge < -0.3 is 10.2 Å². The largest absolute Gasteiger partial charge is 0.433 e. The number of nitrogen functional groups attached to an aromatic ring is 1. The van der Waals surface area contributed by atoms with E-state index in [0.717, 1.165) is 25.6 Å². The number of halogens is 3. The Morgan fingerprint density at radius 2 is 2.20 bits per heavy atom. The minimum absolute atomic E-state index is 0.120. The molecule has 1 unspecified atom stereocenters. The molecule has 4 N–H and O–H groups in total. The number of rotatable bonds is 4. The van der Waals surface area contributed by atoms with Crippen LogP contribution in [0.4, 0.5) is 24.9 Å². The van der Waals surface area contributed by atoms with E-state index in [4.69, 9.17) is 5.84 Å². The molecule has 1 aromatic heterocycles. The zero-order valence-corrected chi connectivity index (χ0v) is 11.0. The zero-order chi connectivity index (χ0) is 14.8. The fourth-order valence-corrected chi connectivity index (χ4v) is 2.19. The lowest BCUT2D eigenvalue weighted by Crippen LogP contribution is -2.21. The van der Waals surface area contributed by atoms with Gasteiger partial charge in [0.05, 0.1) is 0 Å². The van der Waals surface area contributed by atoms with Crippen LogP contribution in [0.2, 0.25) is 0 Å². The first-order chi connectivity index (χ1) is 9.38. The van der Waals surface area contributed by atoms with Gasteiger partial charge in [-0.15, -0.1) is 0 Å². The topological polar surface area (TPSA) is 79.1 Å². The van der Waals surface area contributed by atoms with Crippen LogP contribution >= 0.6 is 0 Å². The highest BCUT2D eigenvalue weighted by atomic mass is 19.4. The number of hydrogen-bond donors (Lipinski definition) is 3. The molecule has 0 aromatic carbocycles. The van der Waals surface area contributed by atoms with E-state index in [1.54, 1.807) is 0 Å². The summed E-state index contributed by atoms with van der Waals surface area (Å²) in [5.41, 5.74) is 1.02. The maximum absolute atomic E-state index is 12.7. The first kappa shape index (κ1) is 14.8. The molecule has 20 heavy (non-hydrogen) atoms. The van der Waals surface area contributed by atoms with Gasteiger partial charge in [-0.1, -0.05) is 0 Å². The third kappa shape index (κ3) is 3.70. The Hall–Kier alpha value is -1.61. The van der Waals surface area contributed by atoms with E-state index >= 15 is 0 Å². The summed E-state index contributed by atoms with van der Waals surface area (Å²) in [6, 6.07) is 0.888. The third-order valence-corrected chi connectivity index (χ3v) is 3.21. The number of nitrogens with zero attached hydrogens (tertiary/aromatic N) is 3. The molecule has 0 bridgehead atoms. The average Bonchev–Trinajstić information content (AvgIpc) is 2.81. The van der Waals surface area contributed by atoms with E-state index < -0.39 is 11.9 Å². The van der Waals surface area contributed by atoms with Gasteiger partial charge in [-0.3, -0.25) is 5.43 Å². The second-order valence-corrected chi connectivity index (χ2v) is 4.90. The van der Waals surface area contributed by atoms with E-state index in [1.165, 1.54) is 0 Å². The van der Waals surface area contributed by atoms with Gasteiger partial charge in [0.25, 0.3) is 0 Å². The predicted octanol–water partition coefficient (Wildman–Crippen LogP) is 1.14. The fraction of sp³-hybridized carbons (Fsp3) is 0.636. The molecule has 0 saturated carbocycles. The molecule has 0 aliphatic carbocycles. The average molecular weight is 290 g/mol. The van der Waals surface area contributed by atoms with Crippen molar-refractivity contribution in [3.05, 3.63) is 11.8 Å². The number of nitrogens with one attached hydrogen (secondary N) is 2. The molecule has 0 amide bonds. The lowest BCUT2D eigenvalue weighted by Gasteiger charge is -2.14. The molecule has 2 rings (SSSR count). The second kappa shape index (κ2) is 5.80. The Morgan fingerprint density at radius 3 is 2.75 bits per heavy atom. The van der Waals surface area contributed by atoms with Crippen molar-refractivity contribution in [1.82, 2.24) is 14.9 Å². The third-order valence-electron chi connectivity index (χ3n) is 3.21. The molecule has 2 heterocycles. The summed E-state index contributed by atoms with van der Waals surface area (Å²) in [6.07, 6.45) is -3.51. The monoisotopic (exact) mass is 290 g/mol. The smallest absolute Gasteiger partial charge is 0.370 e. The van der Waals surface area contributed by atoms with E-state index in [0.29, 0.717) is 12.5 Å². The Bertz CT molecular complexity index is 464. The number of aromatic nitrogens is 2. The minimum atomic E-state index is -4.53. The van der Waals surface area contributed by atoms with Crippen molar-refractivity contribution >= 4 is 11.8 Å². The molecule has 1 atom stereocenters. The van der Waals surface area contributed by atoms with Crippen LogP contribution in [0.3, 0.4) is 0 Å². The SMILES string of the molecule is CN1CCC(CNc2cc(C(F)(F)F)nc(NN)n2)C1. The Morgan fingerprint density at radius 1 is 1.45 bits per heavy atom. The van der Waals surface area contributed by atoms with Gasteiger partial charge in [0.2, 0.25) is 5.95 Å². The van der Waals surface area contributed by atoms with Crippen molar-refractivity contribution in [2.45, 2.75) is 12.6 Å². The van der Waals surface area contributed by atoms with E-state index in [1.807, 2.05) is 12.5 Å². The number of anilines is 2. The number of likely N-dealkylation sites (tertiary alicyclic amines) is 1. The van der Waals surface area contributed by atoms with Crippen LogP contribution in [0.1, 0.15) is 12.1 Å². The van der Waals surface area contributed by atoms with Crippen LogP contribution in [0.5, 0.6) is 0 Å². The van der Waals surface area contributed by atoms with Gasteiger partial charge in [-0.2, -0.15) is 18.2 Å². The van der Waals surface area contributed by atoms with Crippen molar-refractivity contribution < 1.29 is 13.2 Å². The Balaban J connectivity index is 2.07. The molecule has 9 heteroatoms. The highest BCUT2D eigenvalue weighted by molar-refractivity contribution is 5.42. The summed E-state index contributed by atoms with van der Waals surface area (Å²) in [4.78, 5) is 9.35. The maximum Gasteiger partial charge on any atom is 0.433 e. The predicted molar refractivity (Wildman–Crippen MR) is 68.9 cm³/mol. The highest BCUT2D eigenvalue weighted by Gasteiger charge is 2.33. The lowest BCUT2D eigenvalue weighted by molar-refractivity contribution is -0.141. The maximum atomic E-state index is 12.7. The Kier molecular flexibility index (Phi) is 4.29. The molecule has 112 valence electrons. The summed E-state index contributed by atoms with van der Waals surface area (Å²) in [5.74, 6) is 5.35. The van der Waals surface area contributed by atoms with Gasteiger partial charge in [-0.25, -0.2) is 10.8 Å². The first-order valence-corrected chi connectivity index (χ1v) is 6.24. The lowest BCUT2D eigenvalue weighted by atomic mass is 10.1. The van der Waals surface area contributed by atoms with E-state index in [-0.39, 0.29) is 11.8 Å². The number of hydrazine groups is 1. The standard InChI is InChI=1S/C11H17F3N6/c1-20-3-2-7(6-20)5-16-9-4-8(11(12,13)14)17-10(18-9)19-15/h4,7H,2-3,5-6,15H2,1H3,(H2,16,17,18,19). The minimum Gasteiger partial charge on any atom is -0.370 e. The van der Waals surface area contributed by atoms with Crippen LogP contribution in [-0.4, -0.2) is 41.5 Å². The highest BCUT2D eigenvalue weighted by Crippen LogP contribution is 2.29. The van der Waals surface area contributed by atoms with Crippen molar-refractivity contribution in [3.8, 4) is 0 Å². The summed E-state index contributed by atoms with van der Waals surface area (Å²) in [6.45, 7) is 2.49. The molecule has 0 radical (unpaired) electrons. The van der Waals surface area contributed by atoms with Gasteiger partial charge in [0.1, 0.15) is 5.82 Å². The van der Waals surface area contributed by atoms with Crippen LogP contribution < -0.4 is 16.6 Å². The quantitative estimate of drug-likeness (QED) is 0.570. The summed E-state index contributed by atoms with van der Waals surface area (Å²) in [7, 11) is 2.02. The normalized spacial score (nSPS) is 20.1. The molecule has 1 fully saturated rings. The second-order valence-electron chi connectivity index (χ2n) is 4.90. The van der Waals surface area contributed by atoms with E-state index in [9.17, 15) is 13.2 Å². The molecule has 6 nitrogen and oxygen atoms in total. The summed E-state index contributed by atoms with van der Waals surface area (Å²) < 4.78 is 38.1. The van der Waals surface area contributed by atoms with Crippen LogP contribution in [0.25, 0.3) is 0 Å². The molecule has 1 aliphatic heterocycles. The molecular weight excluding hydrogens is 273 g/mol. The van der Waals surface area contributed by atoms with Crippen LogP contribution in [0, 0.1) is 5.92 Å². The van der Waals surface area contributed by atoms with Gasteiger partial charge >= 0.3 is 6.18 Å². The Labute approximate surface area is 114 Å². The summed E-state index contributed by atoms with van der Waals surface area (Å²) in [5, 5.41) is 2.92. The van der Waals surface area contributed by atoms with Gasteiger partial charge in [0.15, 0.2) is 5.69 Å². The molecule has 1 saturated heterocycles. The zero-order valence-electron chi connectivity index (χ0n) is 11.0. The molecular formula is C11H17F3N6. The van der Waals surface area contributed by atoms with Gasteiger partial charge in [-0.05, 0) is 25.9 Å². The summed E-state index contributed by atoms with van der Waals surface area (Å²) >= 11 is 0. The van der Waals surface area contributed by atoms with E-state index in [2.05, 4.69) is 20.2 Å². The van der Waals surface area contributed by atoms with Crippen molar-refractivity contribution in [3.63, 3.8) is 0 Å². The van der Waals surface area contributed by atoms with Crippen molar-refractivity contribution in [2.75, 3.05) is 37.4 Å². The van der Waals surface area contributed by atoms with Crippen molar-refractivity contribution in [1.29, 1.82) is 0 Å². The fourth-order valence-electron chi connectivity index (χ4n) is 2.19. The first-order valence-electron chi connectivity index (χ1n) is 6.24. The molecule has 1 aromatic rings. The molecule has 1 aliphatic rings. The number of hydrogen-bond acceptors (Lipinski definition) is 6. The van der Waals surface area contributed by atoms with Crippen LogP contribution in [-0.2, 0) is 6.18 Å². The van der Waals surface area contributed by atoms with Crippen LogP contribution in [0.15, 0.2) is 6.07 Å². The van der Waals surface area contributed by atoms with Crippen molar-refractivity contribution in [2.24, 2.45) is 11.8 Å². The number of nitrogens with two attached hydrogens (primary N) is 1.